The van der Waals surface area contributed by atoms with Gasteiger partial charge in [0.25, 0.3) is 11.8 Å². The summed E-state index contributed by atoms with van der Waals surface area (Å²) in [6, 6.07) is 22.0. The average Bonchev–Trinajstić information content (AvgIpc) is 3.23. The van der Waals surface area contributed by atoms with Crippen molar-refractivity contribution in [3.05, 3.63) is 124 Å². The summed E-state index contributed by atoms with van der Waals surface area (Å²) in [5.74, 6) is -0.586. The Kier molecular flexibility index (Phi) is 13.6. The maximum atomic E-state index is 14.1. The number of H-pyrrole nitrogens is 1. The molecule has 0 saturated carbocycles. The number of phenols is 1. The quantitative estimate of drug-likeness (QED) is 0.0458. The maximum Gasteiger partial charge on any atom is 0.252 e. The largest absolute Gasteiger partial charge is 0.506 e. The lowest BCUT2D eigenvalue weighted by Gasteiger charge is -2.16. The van der Waals surface area contributed by atoms with Crippen molar-refractivity contribution in [3.8, 4) is 11.5 Å². The van der Waals surface area contributed by atoms with Crippen molar-refractivity contribution in [1.29, 1.82) is 0 Å². The molecule has 2 heterocycles. The number of aromatic nitrogens is 2. The van der Waals surface area contributed by atoms with Gasteiger partial charge in [-0.05, 0) is 92.0 Å². The van der Waals surface area contributed by atoms with Crippen LogP contribution in [0.3, 0.4) is 0 Å². The topological polar surface area (TPSA) is 226 Å². The van der Waals surface area contributed by atoms with Crippen molar-refractivity contribution >= 4 is 54.8 Å². The van der Waals surface area contributed by atoms with Crippen LogP contribution in [0.4, 0.5) is 11.4 Å². The first-order valence-electron chi connectivity index (χ1n) is 19.4. The summed E-state index contributed by atoms with van der Waals surface area (Å²) in [6.07, 6.45) is 6.17. The number of anilines is 2. The third kappa shape index (κ3) is 10.1. The number of unbranched alkanes of at least 4 members (excludes halogenated alkanes) is 5. The molecule has 0 saturated heterocycles. The summed E-state index contributed by atoms with van der Waals surface area (Å²) < 4.78 is 33.4. The van der Waals surface area contributed by atoms with Gasteiger partial charge in [0.05, 0.1) is 45.3 Å². The molecule has 6 rings (SSSR count). The zero-order valence-electron chi connectivity index (χ0n) is 32.9. The van der Waals surface area contributed by atoms with Gasteiger partial charge in [-0.1, -0.05) is 43.9 Å². The Bertz CT molecular complexity index is 2670. The Morgan fingerprint density at radius 3 is 2.39 bits per heavy atom. The highest BCUT2D eigenvalue weighted by molar-refractivity contribution is 7.91. The van der Waals surface area contributed by atoms with Gasteiger partial charge in [-0.3, -0.25) is 19.4 Å². The van der Waals surface area contributed by atoms with Crippen LogP contribution >= 0.6 is 0 Å². The average molecular weight is 821 g/mol. The molecule has 0 bridgehead atoms. The van der Waals surface area contributed by atoms with Crippen molar-refractivity contribution in [2.45, 2.75) is 61.3 Å². The number of ether oxygens (including phenoxy) is 1. The number of nitrogens with one attached hydrogen (secondary N) is 4. The number of aliphatic hydroxyl groups is 1. The lowest BCUT2D eigenvalue weighted by molar-refractivity contribution is 0.0951. The fourth-order valence-electron chi connectivity index (χ4n) is 6.99. The molecule has 0 spiro atoms. The van der Waals surface area contributed by atoms with Gasteiger partial charge < -0.3 is 41.6 Å². The summed E-state index contributed by atoms with van der Waals surface area (Å²) in [5.41, 5.74) is 8.55. The van der Waals surface area contributed by atoms with E-state index in [-0.39, 0.29) is 38.1 Å². The van der Waals surface area contributed by atoms with E-state index in [2.05, 4.69) is 25.9 Å². The highest BCUT2D eigenvalue weighted by Crippen LogP contribution is 2.35. The van der Waals surface area contributed by atoms with Gasteiger partial charge in [-0.2, -0.15) is 0 Å². The minimum absolute atomic E-state index is 0.0343. The molecule has 2 amide bonds. The van der Waals surface area contributed by atoms with Crippen molar-refractivity contribution in [2.24, 2.45) is 5.73 Å². The minimum Gasteiger partial charge on any atom is -0.506 e. The van der Waals surface area contributed by atoms with Gasteiger partial charge in [0.15, 0.2) is 0 Å². The first kappa shape index (κ1) is 42.3. The number of amides is 2. The Labute approximate surface area is 341 Å². The highest BCUT2D eigenvalue weighted by Gasteiger charge is 2.23. The molecule has 308 valence electrons. The van der Waals surface area contributed by atoms with Crippen LogP contribution in [-0.2, 0) is 9.84 Å². The number of nitrogens with zero attached hydrogens (tertiary/aromatic N) is 1. The zero-order chi connectivity index (χ0) is 42.1. The number of carbonyl (C=O) groups is 2. The van der Waals surface area contributed by atoms with E-state index < -0.39 is 21.8 Å². The number of rotatable bonds is 19. The number of benzene rings is 4. The molecule has 1 atom stereocenters. The minimum atomic E-state index is -4.12. The van der Waals surface area contributed by atoms with E-state index in [1.54, 1.807) is 49.4 Å². The standard InChI is InChI=1S/C44H48N6O8S/c1-27-21-32(24-35-40(27)48-25-36(43(45)54)41(35)49-29-12-10-13-30(23-29)58-2)59(56,57)31-14-9-11-28(22-31)44(55)47-20-8-6-4-3-5-7-19-46-26-38(52)33-15-17-37(51)42-34(33)16-18-39(53)50-42/h9-18,21-25,38,46,51-52H,3-8,19-20,26H2,1-2H3,(H2,45,54)(H,47,55)(H,48,49)(H,50,53)/t38-/m1/s1. The third-order valence-electron chi connectivity index (χ3n) is 10.1. The number of aryl methyl sites for hydroxylation is 1. The van der Waals surface area contributed by atoms with Gasteiger partial charge >= 0.3 is 0 Å². The number of pyridine rings is 2. The molecule has 0 aliphatic rings. The first-order valence-corrected chi connectivity index (χ1v) is 20.9. The zero-order valence-corrected chi connectivity index (χ0v) is 33.7. The predicted molar refractivity (Wildman–Crippen MR) is 227 cm³/mol. The van der Waals surface area contributed by atoms with Crippen LogP contribution in [0.2, 0.25) is 0 Å². The van der Waals surface area contributed by atoms with Gasteiger partial charge in [0.2, 0.25) is 15.4 Å². The van der Waals surface area contributed by atoms with Crippen LogP contribution in [0, 0.1) is 6.92 Å². The number of aromatic hydroxyl groups is 1. The SMILES string of the molecule is COc1cccc(Nc2c(C(N)=O)cnc3c(C)cc(S(=O)(=O)c4cccc(C(=O)NCCCCCCCCNC[C@@H](O)c5ccc(O)c6[nH]c(=O)ccc56)c4)cc23)c1. The Morgan fingerprint density at radius 1 is 0.881 bits per heavy atom. The molecule has 2 aromatic heterocycles. The maximum absolute atomic E-state index is 14.1. The van der Waals surface area contributed by atoms with E-state index in [1.165, 1.54) is 55.8 Å². The summed E-state index contributed by atoms with van der Waals surface area (Å²) in [6.45, 7) is 3.23. The molecule has 0 aliphatic heterocycles. The highest BCUT2D eigenvalue weighted by atomic mass is 32.2. The van der Waals surface area contributed by atoms with E-state index in [4.69, 9.17) is 10.5 Å². The van der Waals surface area contributed by atoms with E-state index in [0.717, 1.165) is 45.1 Å². The second kappa shape index (κ2) is 19.0. The fourth-order valence-corrected chi connectivity index (χ4v) is 8.41. The number of hydrogen-bond donors (Lipinski definition) is 7. The van der Waals surface area contributed by atoms with Crippen molar-refractivity contribution in [2.75, 3.05) is 32.1 Å². The monoisotopic (exact) mass is 820 g/mol. The Hall–Kier alpha value is -6.29. The molecule has 0 aliphatic carbocycles. The van der Waals surface area contributed by atoms with Crippen LogP contribution < -0.4 is 32.0 Å². The molecule has 14 nitrogen and oxygen atoms in total. The normalized spacial score (nSPS) is 12.1. The molecule has 15 heteroatoms. The summed E-state index contributed by atoms with van der Waals surface area (Å²) in [4.78, 5) is 44.2. The first-order chi connectivity index (χ1) is 28.4. The number of sulfone groups is 1. The van der Waals surface area contributed by atoms with Crippen molar-refractivity contribution in [1.82, 2.24) is 20.6 Å². The van der Waals surface area contributed by atoms with Crippen LogP contribution in [-0.4, -0.2) is 67.2 Å². The predicted octanol–water partition coefficient (Wildman–Crippen LogP) is 6.17. The summed E-state index contributed by atoms with van der Waals surface area (Å²) in [5, 5.41) is 31.2. The van der Waals surface area contributed by atoms with E-state index in [0.29, 0.717) is 63.1 Å². The number of aliphatic hydroxyl groups excluding tert-OH is 1. The molecular weight excluding hydrogens is 773 g/mol. The molecule has 4 aromatic carbocycles. The number of hydrogen-bond acceptors (Lipinski definition) is 11. The van der Waals surface area contributed by atoms with Crippen LogP contribution in [0.1, 0.15) is 76.5 Å². The number of aromatic amines is 1. The van der Waals surface area contributed by atoms with Gasteiger partial charge in [0.1, 0.15) is 11.5 Å². The number of primary amides is 1. The number of phenolic OH excluding ortho intramolecular Hbond substituents is 1. The third-order valence-corrected chi connectivity index (χ3v) is 11.9. The summed E-state index contributed by atoms with van der Waals surface area (Å²) >= 11 is 0. The van der Waals surface area contributed by atoms with Crippen LogP contribution in [0.15, 0.2) is 106 Å². The Morgan fingerprint density at radius 2 is 1.63 bits per heavy atom. The molecule has 0 radical (unpaired) electrons. The van der Waals surface area contributed by atoms with E-state index in [1.807, 2.05) is 0 Å². The van der Waals surface area contributed by atoms with E-state index >= 15 is 0 Å². The number of nitrogens with two attached hydrogens (primary N) is 1. The smallest absolute Gasteiger partial charge is 0.252 e. The molecule has 0 unspecified atom stereocenters. The second-order valence-electron chi connectivity index (χ2n) is 14.3. The van der Waals surface area contributed by atoms with Crippen molar-refractivity contribution in [3.63, 3.8) is 0 Å². The van der Waals surface area contributed by atoms with Gasteiger partial charge in [-0.15, -0.1) is 0 Å². The fraction of sp³-hybridized carbons (Fsp3) is 0.273. The van der Waals surface area contributed by atoms with Gasteiger partial charge in [-0.25, -0.2) is 8.42 Å². The number of fused-ring (bicyclic) bond motifs is 2. The number of methoxy groups -OCH3 is 1. The van der Waals surface area contributed by atoms with Crippen molar-refractivity contribution < 1.29 is 33.0 Å². The van der Waals surface area contributed by atoms with Gasteiger partial charge in [0, 0.05) is 53.4 Å². The van der Waals surface area contributed by atoms with Crippen LogP contribution in [0.25, 0.3) is 21.8 Å². The van der Waals surface area contributed by atoms with Crippen LogP contribution in [0.5, 0.6) is 11.5 Å². The lowest BCUT2D eigenvalue weighted by Crippen LogP contribution is -2.24. The van der Waals surface area contributed by atoms with E-state index in [9.17, 15) is 33.0 Å². The molecule has 8 N–H and O–H groups in total. The number of carbonyl (C=O) groups excluding carboxylic acids is 2. The molecule has 6 aromatic rings. The molecule has 59 heavy (non-hydrogen) atoms. The molecular formula is C44H48N6O8S. The second-order valence-corrected chi connectivity index (χ2v) is 16.3. The molecule has 0 fully saturated rings. The Balaban J connectivity index is 0.986. The lowest BCUT2D eigenvalue weighted by atomic mass is 10.0. The summed E-state index contributed by atoms with van der Waals surface area (Å²) in [7, 11) is -2.59.